The molecule has 1 aliphatic rings. The second kappa shape index (κ2) is 5.96. The Morgan fingerprint density at radius 1 is 1.41 bits per heavy atom. The van der Waals surface area contributed by atoms with E-state index in [2.05, 4.69) is 23.5 Å². The third-order valence-corrected chi connectivity index (χ3v) is 4.04. The van der Waals surface area contributed by atoms with Gasteiger partial charge >= 0.3 is 0 Å². The zero-order valence-corrected chi connectivity index (χ0v) is 10.9. The molecule has 92 valence electrons. The molecule has 0 aromatic carbocycles. The molecule has 1 aliphatic carbocycles. The van der Waals surface area contributed by atoms with Crippen LogP contribution in [-0.4, -0.2) is 12.1 Å². The Kier molecular flexibility index (Phi) is 4.31. The second-order valence-electron chi connectivity index (χ2n) is 4.52. The number of hydrazone groups is 1. The van der Waals surface area contributed by atoms with E-state index >= 15 is 0 Å². The molecule has 0 aliphatic heterocycles. The van der Waals surface area contributed by atoms with Crippen molar-refractivity contribution in [2.24, 2.45) is 11.0 Å². The minimum atomic E-state index is 0.0780. The van der Waals surface area contributed by atoms with Crippen LogP contribution in [0.5, 0.6) is 0 Å². The molecule has 1 saturated carbocycles. The molecular weight excluding hydrogens is 232 g/mol. The van der Waals surface area contributed by atoms with Crippen LogP contribution in [0.3, 0.4) is 0 Å². The first kappa shape index (κ1) is 12.3. The fourth-order valence-electron chi connectivity index (χ4n) is 2.14. The van der Waals surface area contributed by atoms with Gasteiger partial charge in [-0.1, -0.05) is 19.3 Å². The number of carbonyl (C=O) groups is 1. The molecule has 17 heavy (non-hydrogen) atoms. The lowest BCUT2D eigenvalue weighted by Gasteiger charge is -2.19. The van der Waals surface area contributed by atoms with Crippen molar-refractivity contribution in [3.05, 3.63) is 21.9 Å². The summed E-state index contributed by atoms with van der Waals surface area (Å²) in [4.78, 5) is 14.1. The van der Waals surface area contributed by atoms with E-state index in [9.17, 15) is 4.79 Å². The van der Waals surface area contributed by atoms with Crippen molar-refractivity contribution >= 4 is 23.5 Å². The highest BCUT2D eigenvalue weighted by Gasteiger charge is 2.20. The highest BCUT2D eigenvalue weighted by atomic mass is 32.1. The van der Waals surface area contributed by atoms with Gasteiger partial charge in [-0.3, -0.25) is 4.79 Å². The number of aryl methyl sites for hydroxylation is 1. The van der Waals surface area contributed by atoms with Gasteiger partial charge in [0.15, 0.2) is 0 Å². The minimum absolute atomic E-state index is 0.0780. The summed E-state index contributed by atoms with van der Waals surface area (Å²) in [6.07, 6.45) is 7.36. The van der Waals surface area contributed by atoms with Gasteiger partial charge in [0.1, 0.15) is 0 Å². The van der Waals surface area contributed by atoms with Gasteiger partial charge in [0.2, 0.25) is 5.91 Å². The van der Waals surface area contributed by atoms with Crippen LogP contribution < -0.4 is 5.43 Å². The van der Waals surface area contributed by atoms with E-state index in [0.29, 0.717) is 0 Å². The van der Waals surface area contributed by atoms with E-state index in [4.69, 9.17) is 0 Å². The lowest BCUT2D eigenvalue weighted by atomic mass is 9.89. The van der Waals surface area contributed by atoms with Gasteiger partial charge < -0.3 is 0 Å². The third-order valence-electron chi connectivity index (χ3n) is 3.10. The normalized spacial score (nSPS) is 17.5. The highest BCUT2D eigenvalue weighted by molar-refractivity contribution is 7.13. The molecule has 1 aromatic rings. The lowest BCUT2D eigenvalue weighted by Crippen LogP contribution is -2.28. The van der Waals surface area contributed by atoms with E-state index in [1.165, 1.54) is 24.1 Å². The van der Waals surface area contributed by atoms with Crippen molar-refractivity contribution in [2.45, 2.75) is 39.0 Å². The molecule has 1 heterocycles. The number of nitrogens with one attached hydrogen (secondary N) is 1. The van der Waals surface area contributed by atoms with Crippen LogP contribution >= 0.6 is 11.3 Å². The maximum Gasteiger partial charge on any atom is 0.243 e. The first-order chi connectivity index (χ1) is 8.25. The summed E-state index contributed by atoms with van der Waals surface area (Å²) in [6, 6.07) is 4.06. The molecule has 0 spiro atoms. The van der Waals surface area contributed by atoms with E-state index in [-0.39, 0.29) is 11.8 Å². The monoisotopic (exact) mass is 250 g/mol. The molecule has 0 unspecified atom stereocenters. The Morgan fingerprint density at radius 3 is 2.82 bits per heavy atom. The van der Waals surface area contributed by atoms with Crippen LogP contribution in [0.2, 0.25) is 0 Å². The molecule has 1 N–H and O–H groups in total. The van der Waals surface area contributed by atoms with Crippen molar-refractivity contribution < 1.29 is 4.79 Å². The Bertz CT molecular complexity index is 405. The predicted octanol–water partition coefficient (Wildman–Crippen LogP) is 3.09. The van der Waals surface area contributed by atoms with Gasteiger partial charge in [-0.05, 0) is 31.9 Å². The number of hydrogen-bond donors (Lipinski definition) is 1. The van der Waals surface area contributed by atoms with Crippen LogP contribution in [0.25, 0.3) is 0 Å². The van der Waals surface area contributed by atoms with Crippen LogP contribution in [0.4, 0.5) is 0 Å². The zero-order chi connectivity index (χ0) is 12.1. The molecule has 1 fully saturated rings. The zero-order valence-electron chi connectivity index (χ0n) is 10.1. The minimum Gasteiger partial charge on any atom is -0.273 e. The SMILES string of the molecule is Cc1ccc(C=NNC(=O)C2CCCCC2)s1. The summed E-state index contributed by atoms with van der Waals surface area (Å²) in [7, 11) is 0. The van der Waals surface area contributed by atoms with Gasteiger partial charge in [-0.2, -0.15) is 5.10 Å². The molecule has 1 amide bonds. The van der Waals surface area contributed by atoms with Crippen LogP contribution in [0.1, 0.15) is 41.9 Å². The molecule has 1 aromatic heterocycles. The predicted molar refractivity (Wildman–Crippen MR) is 71.4 cm³/mol. The van der Waals surface area contributed by atoms with Crippen LogP contribution in [0, 0.1) is 12.8 Å². The third kappa shape index (κ3) is 3.66. The average molecular weight is 250 g/mol. The Balaban J connectivity index is 1.81. The number of rotatable bonds is 3. The van der Waals surface area contributed by atoms with E-state index in [0.717, 1.165) is 17.7 Å². The lowest BCUT2D eigenvalue weighted by molar-refractivity contribution is -0.125. The molecule has 0 atom stereocenters. The maximum absolute atomic E-state index is 11.8. The van der Waals surface area contributed by atoms with Gasteiger partial charge in [0.05, 0.1) is 6.21 Å². The summed E-state index contributed by atoms with van der Waals surface area (Å²) in [5.74, 6) is 0.250. The number of hydrogen-bond acceptors (Lipinski definition) is 3. The molecular formula is C13H18N2OS. The molecule has 2 rings (SSSR count). The first-order valence-corrected chi connectivity index (χ1v) is 6.97. The Hall–Kier alpha value is -1.16. The number of thiophene rings is 1. The molecule has 0 saturated heterocycles. The standard InChI is InChI=1S/C13H18N2OS/c1-10-7-8-12(17-10)9-14-15-13(16)11-5-3-2-4-6-11/h7-9,11H,2-6H2,1H3,(H,15,16). The summed E-state index contributed by atoms with van der Waals surface area (Å²) < 4.78 is 0. The topological polar surface area (TPSA) is 41.5 Å². The van der Waals surface area contributed by atoms with Crippen molar-refractivity contribution in [2.75, 3.05) is 0 Å². The quantitative estimate of drug-likeness (QED) is 0.650. The summed E-state index contributed by atoms with van der Waals surface area (Å²) in [5.41, 5.74) is 2.65. The summed E-state index contributed by atoms with van der Waals surface area (Å²) in [6.45, 7) is 2.06. The van der Waals surface area contributed by atoms with Crippen molar-refractivity contribution in [3.8, 4) is 0 Å². The fourth-order valence-corrected chi connectivity index (χ4v) is 2.89. The Labute approximate surface area is 106 Å². The smallest absolute Gasteiger partial charge is 0.243 e. The van der Waals surface area contributed by atoms with Crippen LogP contribution in [-0.2, 0) is 4.79 Å². The molecule has 0 bridgehead atoms. The summed E-state index contributed by atoms with van der Waals surface area (Å²) in [5, 5.41) is 4.02. The Morgan fingerprint density at radius 2 is 2.18 bits per heavy atom. The average Bonchev–Trinajstić information content (AvgIpc) is 2.76. The number of carbonyl (C=O) groups excluding carboxylic acids is 1. The molecule has 4 heteroatoms. The van der Waals surface area contributed by atoms with Gasteiger partial charge in [0.25, 0.3) is 0 Å². The fraction of sp³-hybridized carbons (Fsp3) is 0.538. The number of amides is 1. The van der Waals surface area contributed by atoms with Crippen molar-refractivity contribution in [1.82, 2.24) is 5.43 Å². The largest absolute Gasteiger partial charge is 0.273 e. The highest BCUT2D eigenvalue weighted by Crippen LogP contribution is 2.23. The second-order valence-corrected chi connectivity index (χ2v) is 5.84. The van der Waals surface area contributed by atoms with Gasteiger partial charge in [0, 0.05) is 15.7 Å². The molecule has 3 nitrogen and oxygen atoms in total. The van der Waals surface area contributed by atoms with E-state index in [1.807, 2.05) is 6.07 Å². The van der Waals surface area contributed by atoms with Gasteiger partial charge in [-0.15, -0.1) is 11.3 Å². The van der Waals surface area contributed by atoms with Gasteiger partial charge in [-0.25, -0.2) is 5.43 Å². The number of nitrogens with zero attached hydrogens (tertiary/aromatic N) is 1. The van der Waals surface area contributed by atoms with Crippen molar-refractivity contribution in [1.29, 1.82) is 0 Å². The molecule has 0 radical (unpaired) electrons. The maximum atomic E-state index is 11.8. The van der Waals surface area contributed by atoms with E-state index in [1.54, 1.807) is 17.6 Å². The van der Waals surface area contributed by atoms with E-state index < -0.39 is 0 Å². The first-order valence-electron chi connectivity index (χ1n) is 6.15. The van der Waals surface area contributed by atoms with Crippen molar-refractivity contribution in [3.63, 3.8) is 0 Å². The summed E-state index contributed by atoms with van der Waals surface area (Å²) >= 11 is 1.67. The van der Waals surface area contributed by atoms with Crippen LogP contribution in [0.15, 0.2) is 17.2 Å².